The van der Waals surface area contributed by atoms with Crippen molar-refractivity contribution < 1.29 is 19.1 Å². The third-order valence-corrected chi connectivity index (χ3v) is 6.74. The van der Waals surface area contributed by atoms with Crippen LogP contribution in [0.5, 0.6) is 5.75 Å². The average molecular weight is 399 g/mol. The van der Waals surface area contributed by atoms with Gasteiger partial charge >= 0.3 is 0 Å². The topological polar surface area (TPSA) is 111 Å². The van der Waals surface area contributed by atoms with Crippen molar-refractivity contribution in [2.24, 2.45) is 28.9 Å². The zero-order valence-corrected chi connectivity index (χ0v) is 16.8. The molecule has 0 aliphatic heterocycles. The number of amides is 3. The van der Waals surface area contributed by atoms with Crippen LogP contribution in [0.1, 0.15) is 45.4 Å². The van der Waals surface area contributed by atoms with E-state index in [0.29, 0.717) is 29.2 Å². The third kappa shape index (κ3) is 4.23. The minimum Gasteiger partial charge on any atom is -0.484 e. The van der Waals surface area contributed by atoms with E-state index in [4.69, 9.17) is 10.5 Å². The number of nitrogens with one attached hydrogen (secondary N) is 2. The van der Waals surface area contributed by atoms with Crippen molar-refractivity contribution in [2.75, 3.05) is 11.9 Å². The van der Waals surface area contributed by atoms with Crippen molar-refractivity contribution in [3.05, 3.63) is 24.3 Å². The van der Waals surface area contributed by atoms with E-state index < -0.39 is 11.9 Å². The lowest BCUT2D eigenvalue weighted by atomic mass is 9.49. The molecule has 4 N–H and O–H groups in total. The Balaban J connectivity index is 1.35. The fourth-order valence-electron chi connectivity index (χ4n) is 5.87. The summed E-state index contributed by atoms with van der Waals surface area (Å²) in [5.74, 6) is 1.66. The summed E-state index contributed by atoms with van der Waals surface area (Å²) in [6.45, 7) is 1.48. The van der Waals surface area contributed by atoms with E-state index in [1.807, 2.05) is 0 Å². The second-order valence-corrected chi connectivity index (χ2v) is 9.17. The van der Waals surface area contributed by atoms with Crippen molar-refractivity contribution in [3.63, 3.8) is 0 Å². The molecule has 5 rings (SSSR count). The van der Waals surface area contributed by atoms with Crippen molar-refractivity contribution in [3.8, 4) is 5.75 Å². The van der Waals surface area contributed by atoms with E-state index in [9.17, 15) is 14.4 Å². The number of anilines is 1. The van der Waals surface area contributed by atoms with E-state index in [1.165, 1.54) is 19.3 Å². The molecule has 0 unspecified atom stereocenters. The lowest BCUT2D eigenvalue weighted by Gasteiger charge is -2.55. The number of ether oxygens (including phenoxy) is 1. The van der Waals surface area contributed by atoms with Gasteiger partial charge in [0.15, 0.2) is 6.61 Å². The normalized spacial score (nSPS) is 30.4. The Morgan fingerprint density at radius 2 is 1.76 bits per heavy atom. The molecule has 1 aromatic rings. The summed E-state index contributed by atoms with van der Waals surface area (Å²) in [6.07, 6.45) is 6.74. The first-order chi connectivity index (χ1) is 13.8. The number of benzene rings is 1. The molecule has 156 valence electrons. The first-order valence-corrected chi connectivity index (χ1v) is 10.5. The summed E-state index contributed by atoms with van der Waals surface area (Å²) in [7, 11) is 0. The fourth-order valence-corrected chi connectivity index (χ4v) is 5.87. The van der Waals surface area contributed by atoms with Gasteiger partial charge in [-0.25, -0.2) is 0 Å². The van der Waals surface area contributed by atoms with Crippen LogP contribution in [0.2, 0.25) is 0 Å². The third-order valence-electron chi connectivity index (χ3n) is 6.74. The molecule has 4 bridgehead atoms. The van der Waals surface area contributed by atoms with Gasteiger partial charge in [0, 0.05) is 17.2 Å². The molecule has 0 heterocycles. The van der Waals surface area contributed by atoms with Crippen LogP contribution in [0.15, 0.2) is 24.3 Å². The van der Waals surface area contributed by atoms with E-state index in [0.717, 1.165) is 19.3 Å². The maximum atomic E-state index is 13.1. The van der Waals surface area contributed by atoms with E-state index >= 15 is 0 Å². The quantitative estimate of drug-likeness (QED) is 0.653. The molecule has 0 spiro atoms. The molecule has 7 nitrogen and oxygen atoms in total. The van der Waals surface area contributed by atoms with Gasteiger partial charge in [-0.2, -0.15) is 0 Å². The summed E-state index contributed by atoms with van der Waals surface area (Å²) in [5, 5.41) is 5.77. The predicted molar refractivity (Wildman–Crippen MR) is 108 cm³/mol. The minimum atomic E-state index is -0.634. The molecule has 4 fully saturated rings. The number of hydrogen-bond donors (Lipinski definition) is 3. The number of carbonyl (C=O) groups is 3. The SMILES string of the molecule is C[C@H](NC(=O)C12CC3CC(CC(C3)C1)C2)C(=O)Nc1cccc(OCC(N)=O)c1. The summed E-state index contributed by atoms with van der Waals surface area (Å²) >= 11 is 0. The lowest BCUT2D eigenvalue weighted by Crippen LogP contribution is -2.56. The molecule has 7 heteroatoms. The van der Waals surface area contributed by atoms with Crippen LogP contribution in [0.4, 0.5) is 5.69 Å². The predicted octanol–water partition coefficient (Wildman–Crippen LogP) is 2.21. The zero-order valence-electron chi connectivity index (χ0n) is 16.8. The van der Waals surface area contributed by atoms with Crippen LogP contribution in [-0.4, -0.2) is 30.4 Å². The van der Waals surface area contributed by atoms with Crippen LogP contribution < -0.4 is 21.1 Å². The molecule has 1 aromatic carbocycles. The van der Waals surface area contributed by atoms with Crippen molar-refractivity contribution in [1.82, 2.24) is 5.32 Å². The molecule has 1 atom stereocenters. The van der Waals surface area contributed by atoms with Crippen LogP contribution in [0.25, 0.3) is 0 Å². The van der Waals surface area contributed by atoms with Gasteiger partial charge in [-0.3, -0.25) is 14.4 Å². The second-order valence-electron chi connectivity index (χ2n) is 9.17. The van der Waals surface area contributed by atoms with Crippen LogP contribution >= 0.6 is 0 Å². The Hall–Kier alpha value is -2.57. The number of rotatable bonds is 7. The molecule has 0 aromatic heterocycles. The Morgan fingerprint density at radius 1 is 1.14 bits per heavy atom. The Kier molecular flexibility index (Phi) is 5.23. The molecular weight excluding hydrogens is 370 g/mol. The van der Waals surface area contributed by atoms with Crippen LogP contribution in [0.3, 0.4) is 0 Å². The highest BCUT2D eigenvalue weighted by Crippen LogP contribution is 2.60. The van der Waals surface area contributed by atoms with Gasteiger partial charge in [0.25, 0.3) is 5.91 Å². The Bertz CT molecular complexity index is 787. The number of nitrogens with two attached hydrogens (primary N) is 1. The highest BCUT2D eigenvalue weighted by Gasteiger charge is 2.54. The second kappa shape index (κ2) is 7.69. The van der Waals surface area contributed by atoms with Gasteiger partial charge in [-0.05, 0) is 75.3 Å². The zero-order chi connectivity index (χ0) is 20.6. The Morgan fingerprint density at radius 3 is 2.34 bits per heavy atom. The molecule has 4 aliphatic carbocycles. The van der Waals surface area contributed by atoms with E-state index in [1.54, 1.807) is 31.2 Å². The Labute approximate surface area is 170 Å². The molecule has 4 saturated carbocycles. The van der Waals surface area contributed by atoms with Gasteiger partial charge in [-0.1, -0.05) is 6.07 Å². The maximum absolute atomic E-state index is 13.1. The highest BCUT2D eigenvalue weighted by molar-refractivity contribution is 5.97. The van der Waals surface area contributed by atoms with Crippen LogP contribution in [-0.2, 0) is 14.4 Å². The molecule has 4 aliphatic rings. The lowest BCUT2D eigenvalue weighted by molar-refractivity contribution is -0.147. The van der Waals surface area contributed by atoms with E-state index in [-0.39, 0.29) is 23.8 Å². The highest BCUT2D eigenvalue weighted by atomic mass is 16.5. The maximum Gasteiger partial charge on any atom is 0.255 e. The van der Waals surface area contributed by atoms with E-state index in [2.05, 4.69) is 10.6 Å². The fraction of sp³-hybridized carbons (Fsp3) is 0.591. The van der Waals surface area contributed by atoms with Crippen molar-refractivity contribution in [1.29, 1.82) is 0 Å². The molecule has 0 saturated heterocycles. The number of carbonyl (C=O) groups excluding carboxylic acids is 3. The standard InChI is InChI=1S/C22H29N3O4/c1-13(20(27)25-17-3-2-4-18(8-17)29-12-19(23)26)24-21(28)22-9-14-5-15(10-22)7-16(6-14)11-22/h2-4,8,13-16H,5-7,9-12H2,1H3,(H2,23,26)(H,24,28)(H,25,27)/t13-,14?,15?,16?,22?/m0/s1. The summed E-state index contributed by atoms with van der Waals surface area (Å²) in [5.41, 5.74) is 5.34. The summed E-state index contributed by atoms with van der Waals surface area (Å²) < 4.78 is 5.26. The summed E-state index contributed by atoms with van der Waals surface area (Å²) in [6, 6.07) is 6.10. The summed E-state index contributed by atoms with van der Waals surface area (Å²) in [4.78, 5) is 36.6. The van der Waals surface area contributed by atoms with Gasteiger partial charge in [0.05, 0.1) is 0 Å². The smallest absolute Gasteiger partial charge is 0.255 e. The molecule has 3 amide bonds. The minimum absolute atomic E-state index is 0.0396. The molecule has 0 radical (unpaired) electrons. The van der Waals surface area contributed by atoms with Gasteiger partial charge in [-0.15, -0.1) is 0 Å². The van der Waals surface area contributed by atoms with Gasteiger partial charge in [0.2, 0.25) is 11.8 Å². The first kappa shape index (κ1) is 19.7. The van der Waals surface area contributed by atoms with Crippen molar-refractivity contribution in [2.45, 2.75) is 51.5 Å². The van der Waals surface area contributed by atoms with Gasteiger partial charge < -0.3 is 21.1 Å². The monoisotopic (exact) mass is 399 g/mol. The number of hydrogen-bond acceptors (Lipinski definition) is 4. The van der Waals surface area contributed by atoms with Crippen LogP contribution in [0, 0.1) is 23.2 Å². The first-order valence-electron chi connectivity index (χ1n) is 10.5. The average Bonchev–Trinajstić information content (AvgIpc) is 2.65. The molecule has 29 heavy (non-hydrogen) atoms. The molecular formula is C22H29N3O4. The van der Waals surface area contributed by atoms with Gasteiger partial charge in [0.1, 0.15) is 11.8 Å². The van der Waals surface area contributed by atoms with Crippen molar-refractivity contribution >= 4 is 23.4 Å². The largest absolute Gasteiger partial charge is 0.484 e. The number of primary amides is 1.